The molecular weight excluding hydrogens is 376 g/mol. The number of imide groups is 1. The summed E-state index contributed by atoms with van der Waals surface area (Å²) in [5.41, 5.74) is 0.0192. The zero-order valence-corrected chi connectivity index (χ0v) is 18.0. The van der Waals surface area contributed by atoms with Crippen LogP contribution in [0.25, 0.3) is 10.9 Å². The summed E-state index contributed by atoms with van der Waals surface area (Å²) in [7, 11) is 0. The Morgan fingerprint density at radius 1 is 1.21 bits per heavy atom. The molecule has 1 aromatic carbocycles. The van der Waals surface area contributed by atoms with Crippen LogP contribution in [0.3, 0.4) is 0 Å². The van der Waals surface area contributed by atoms with Crippen LogP contribution in [0, 0.1) is 0 Å². The predicted molar refractivity (Wildman–Crippen MR) is 113 cm³/mol. The zero-order chi connectivity index (χ0) is 21.1. The molecule has 1 heterocycles. The van der Waals surface area contributed by atoms with E-state index in [9.17, 15) is 14.4 Å². The van der Waals surface area contributed by atoms with Gasteiger partial charge in [0.15, 0.2) is 5.16 Å². The number of aromatic nitrogens is 2. The van der Waals surface area contributed by atoms with Gasteiger partial charge in [-0.2, -0.15) is 0 Å². The van der Waals surface area contributed by atoms with E-state index in [1.54, 1.807) is 23.6 Å². The highest BCUT2D eigenvalue weighted by Gasteiger charge is 2.23. The fourth-order valence-electron chi connectivity index (χ4n) is 2.58. The van der Waals surface area contributed by atoms with E-state index in [2.05, 4.69) is 15.6 Å². The minimum atomic E-state index is -0.603. The molecule has 2 N–H and O–H groups in total. The van der Waals surface area contributed by atoms with Gasteiger partial charge in [-0.1, -0.05) is 30.8 Å². The summed E-state index contributed by atoms with van der Waals surface area (Å²) in [6, 6.07) is 6.56. The standard InChI is InChI=1S/C20H28N4O3S/c1-7-12(2)24-17(26)14-10-8-9-11-15(14)21-19(24)28-13(3)16(25)22-18(27)23-20(4,5)6/h8-13H,7H2,1-6H3,(H2,22,23,25,27)/t12-,13-/m1/s1. The van der Waals surface area contributed by atoms with Crippen molar-refractivity contribution >= 4 is 34.6 Å². The lowest BCUT2D eigenvalue weighted by Gasteiger charge is -2.22. The minimum absolute atomic E-state index is 0.0634. The highest BCUT2D eigenvalue weighted by molar-refractivity contribution is 8.00. The molecule has 0 bridgehead atoms. The Labute approximate surface area is 169 Å². The van der Waals surface area contributed by atoms with E-state index >= 15 is 0 Å². The molecular formula is C20H28N4O3S. The van der Waals surface area contributed by atoms with Crippen molar-refractivity contribution in [3.63, 3.8) is 0 Å². The molecule has 0 fully saturated rings. The molecule has 2 rings (SSSR count). The lowest BCUT2D eigenvalue weighted by Crippen LogP contribution is -2.49. The number of carbonyl (C=O) groups excluding carboxylic acids is 2. The number of urea groups is 1. The molecule has 1 aromatic heterocycles. The molecule has 152 valence electrons. The van der Waals surface area contributed by atoms with E-state index in [-0.39, 0.29) is 11.6 Å². The maximum absolute atomic E-state index is 13.0. The van der Waals surface area contributed by atoms with Crippen LogP contribution in [0.4, 0.5) is 4.79 Å². The van der Waals surface area contributed by atoms with Gasteiger partial charge in [0.05, 0.1) is 16.2 Å². The summed E-state index contributed by atoms with van der Waals surface area (Å²) in [5.74, 6) is -0.440. The van der Waals surface area contributed by atoms with Gasteiger partial charge >= 0.3 is 6.03 Å². The monoisotopic (exact) mass is 404 g/mol. The van der Waals surface area contributed by atoms with Crippen LogP contribution in [0.15, 0.2) is 34.2 Å². The van der Waals surface area contributed by atoms with E-state index in [0.717, 1.165) is 6.42 Å². The van der Waals surface area contributed by atoms with E-state index in [1.165, 1.54) is 11.8 Å². The van der Waals surface area contributed by atoms with Crippen molar-refractivity contribution in [2.45, 2.75) is 70.0 Å². The molecule has 28 heavy (non-hydrogen) atoms. The van der Waals surface area contributed by atoms with Crippen molar-refractivity contribution in [2.24, 2.45) is 0 Å². The summed E-state index contributed by atoms with van der Waals surface area (Å²) in [6.45, 7) is 11.1. The van der Waals surface area contributed by atoms with Gasteiger partial charge in [0.1, 0.15) is 0 Å². The van der Waals surface area contributed by atoms with Crippen molar-refractivity contribution < 1.29 is 9.59 Å². The minimum Gasteiger partial charge on any atom is -0.333 e. The third-order valence-electron chi connectivity index (χ3n) is 4.18. The van der Waals surface area contributed by atoms with Gasteiger partial charge in [-0.3, -0.25) is 19.5 Å². The first kappa shape index (κ1) is 21.9. The molecule has 0 spiro atoms. The quantitative estimate of drug-likeness (QED) is 0.588. The third kappa shape index (κ3) is 5.34. The van der Waals surface area contributed by atoms with Crippen LogP contribution in [0.2, 0.25) is 0 Å². The van der Waals surface area contributed by atoms with Gasteiger partial charge in [-0.15, -0.1) is 0 Å². The number of thioether (sulfide) groups is 1. The molecule has 0 unspecified atom stereocenters. The lowest BCUT2D eigenvalue weighted by atomic mass is 10.1. The second-order valence-corrected chi connectivity index (χ2v) is 9.11. The second kappa shape index (κ2) is 8.77. The molecule has 2 atom stereocenters. The van der Waals surface area contributed by atoms with Crippen molar-refractivity contribution in [1.82, 2.24) is 20.2 Å². The summed E-state index contributed by atoms with van der Waals surface area (Å²) in [5, 5.41) is 5.45. The maximum Gasteiger partial charge on any atom is 0.321 e. The Balaban J connectivity index is 2.30. The van der Waals surface area contributed by atoms with Crippen molar-refractivity contribution in [3.8, 4) is 0 Å². The zero-order valence-electron chi connectivity index (χ0n) is 17.2. The van der Waals surface area contributed by atoms with Gasteiger partial charge in [-0.25, -0.2) is 9.78 Å². The Morgan fingerprint density at radius 3 is 2.46 bits per heavy atom. The van der Waals surface area contributed by atoms with Gasteiger partial charge in [-0.05, 0) is 53.2 Å². The predicted octanol–water partition coefficient (Wildman–Crippen LogP) is 3.47. The molecule has 0 aliphatic heterocycles. The number of carbonyl (C=O) groups is 2. The number of hydrogen-bond donors (Lipinski definition) is 2. The smallest absolute Gasteiger partial charge is 0.321 e. The average Bonchev–Trinajstić information content (AvgIpc) is 2.59. The lowest BCUT2D eigenvalue weighted by molar-refractivity contribution is -0.119. The van der Waals surface area contributed by atoms with Crippen LogP contribution < -0.4 is 16.2 Å². The number of nitrogens with zero attached hydrogens (tertiary/aromatic N) is 2. The third-order valence-corrected chi connectivity index (χ3v) is 5.25. The maximum atomic E-state index is 13.0. The van der Waals surface area contributed by atoms with E-state index in [4.69, 9.17) is 0 Å². The average molecular weight is 405 g/mol. The Hall–Kier alpha value is -2.35. The number of nitrogens with one attached hydrogen (secondary N) is 2. The Kier molecular flexibility index (Phi) is 6.87. The number of para-hydroxylation sites is 1. The first-order valence-corrected chi connectivity index (χ1v) is 10.2. The highest BCUT2D eigenvalue weighted by atomic mass is 32.2. The van der Waals surface area contributed by atoms with Crippen molar-refractivity contribution in [2.75, 3.05) is 0 Å². The number of fused-ring (bicyclic) bond motifs is 1. The van der Waals surface area contributed by atoms with Crippen LogP contribution in [0.5, 0.6) is 0 Å². The highest BCUT2D eigenvalue weighted by Crippen LogP contribution is 2.25. The van der Waals surface area contributed by atoms with Crippen LogP contribution in [-0.2, 0) is 4.79 Å². The van der Waals surface area contributed by atoms with Crippen molar-refractivity contribution in [1.29, 1.82) is 0 Å². The van der Waals surface area contributed by atoms with Gasteiger partial charge < -0.3 is 5.32 Å². The molecule has 2 aromatic rings. The molecule has 0 aliphatic rings. The molecule has 7 nitrogen and oxygen atoms in total. The Bertz CT molecular complexity index is 933. The van der Waals surface area contributed by atoms with Gasteiger partial charge in [0.2, 0.25) is 5.91 Å². The summed E-state index contributed by atoms with van der Waals surface area (Å²) < 4.78 is 1.63. The summed E-state index contributed by atoms with van der Waals surface area (Å²) in [6.07, 6.45) is 0.752. The van der Waals surface area contributed by atoms with Crippen molar-refractivity contribution in [3.05, 3.63) is 34.6 Å². The van der Waals surface area contributed by atoms with Crippen LogP contribution in [-0.4, -0.2) is 32.3 Å². The largest absolute Gasteiger partial charge is 0.333 e. The second-order valence-electron chi connectivity index (χ2n) is 7.80. The molecule has 0 radical (unpaired) electrons. The van der Waals surface area contributed by atoms with E-state index < -0.39 is 22.7 Å². The summed E-state index contributed by atoms with van der Waals surface area (Å²) >= 11 is 1.17. The number of benzene rings is 1. The van der Waals surface area contributed by atoms with E-state index in [0.29, 0.717) is 16.1 Å². The summed E-state index contributed by atoms with van der Waals surface area (Å²) in [4.78, 5) is 42.0. The SMILES string of the molecule is CC[C@@H](C)n1c(S[C@H](C)C(=O)NC(=O)NC(C)(C)C)nc2ccccc2c1=O. The molecule has 3 amide bonds. The molecule has 8 heteroatoms. The number of hydrogen-bond acceptors (Lipinski definition) is 5. The molecule has 0 saturated carbocycles. The fourth-order valence-corrected chi connectivity index (χ4v) is 3.59. The molecule has 0 saturated heterocycles. The van der Waals surface area contributed by atoms with E-state index in [1.807, 2.05) is 46.8 Å². The topological polar surface area (TPSA) is 93.1 Å². The first-order chi connectivity index (χ1) is 13.0. The number of rotatable bonds is 5. The normalized spacial score (nSPS) is 13.8. The van der Waals surface area contributed by atoms with Gasteiger partial charge in [0, 0.05) is 11.6 Å². The number of amides is 3. The van der Waals surface area contributed by atoms with Gasteiger partial charge in [0.25, 0.3) is 5.56 Å². The molecule has 0 aliphatic carbocycles. The van der Waals surface area contributed by atoms with Crippen LogP contribution >= 0.6 is 11.8 Å². The fraction of sp³-hybridized carbons (Fsp3) is 0.500. The first-order valence-electron chi connectivity index (χ1n) is 9.34. The Morgan fingerprint density at radius 2 is 1.86 bits per heavy atom. The van der Waals surface area contributed by atoms with Crippen LogP contribution in [0.1, 0.15) is 54.0 Å².